The van der Waals surface area contributed by atoms with Gasteiger partial charge in [-0.25, -0.2) is 0 Å². The van der Waals surface area contributed by atoms with Crippen molar-refractivity contribution in [1.29, 1.82) is 0 Å². The summed E-state index contributed by atoms with van der Waals surface area (Å²) >= 11 is 11.6. The summed E-state index contributed by atoms with van der Waals surface area (Å²) in [7, 11) is 0. The van der Waals surface area contributed by atoms with E-state index in [4.69, 9.17) is 4.74 Å². The zero-order valence-corrected chi connectivity index (χ0v) is 15.5. The minimum atomic E-state index is 0.0359. The summed E-state index contributed by atoms with van der Waals surface area (Å²) in [5, 5.41) is 0.816. The highest BCUT2D eigenvalue weighted by Crippen LogP contribution is 2.32. The first kappa shape index (κ1) is 16.6. The van der Waals surface area contributed by atoms with Gasteiger partial charge in [0, 0.05) is 18.4 Å². The van der Waals surface area contributed by atoms with Crippen molar-refractivity contribution in [1.82, 2.24) is 4.90 Å². The molecule has 0 saturated carbocycles. The number of carbonyl (C=O) groups is 1. The van der Waals surface area contributed by atoms with Crippen LogP contribution in [0.25, 0.3) is 0 Å². The fraction of sp³-hybridized carbons (Fsp3) is 0.545. The van der Waals surface area contributed by atoms with Gasteiger partial charge < -0.3 is 9.64 Å². The minimum absolute atomic E-state index is 0.0359. The highest BCUT2D eigenvalue weighted by molar-refractivity contribution is 9.12. The third kappa shape index (κ3) is 4.92. The van der Waals surface area contributed by atoms with Gasteiger partial charge in [0.2, 0.25) is 0 Å². The number of carbonyl (C=O) groups excluding carboxylic acids is 1. The summed E-state index contributed by atoms with van der Waals surface area (Å²) in [4.78, 5) is 14.1. The number of alkyl halides is 1. The predicted octanol–water partition coefficient (Wildman–Crippen LogP) is 4.15. The van der Waals surface area contributed by atoms with E-state index in [1.807, 2.05) is 13.0 Å². The van der Waals surface area contributed by atoms with Crippen molar-refractivity contribution in [2.24, 2.45) is 0 Å². The first-order chi connectivity index (χ1) is 8.60. The number of hydrogen-bond donors (Lipinski definition) is 0. The summed E-state index contributed by atoms with van der Waals surface area (Å²) in [5.41, 5.74) is 0.703. The fourth-order valence-electron chi connectivity index (χ4n) is 1.39. The van der Waals surface area contributed by atoms with Crippen LogP contribution in [0.2, 0.25) is 0 Å². The highest BCUT2D eigenvalue weighted by Gasteiger charge is 2.19. The molecule has 0 fully saturated rings. The van der Waals surface area contributed by atoms with E-state index in [0.717, 1.165) is 12.9 Å². The monoisotopic (exact) mass is 461 g/mol. The van der Waals surface area contributed by atoms with Crippen LogP contribution in [0, 0.1) is 0 Å². The van der Waals surface area contributed by atoms with Gasteiger partial charge in [-0.2, -0.15) is 0 Å². The molecular weight excluding hydrogens is 450 g/mol. The van der Waals surface area contributed by atoms with Crippen molar-refractivity contribution < 1.29 is 9.53 Å². The van der Waals surface area contributed by atoms with Gasteiger partial charge in [0.05, 0.1) is 26.4 Å². The predicted molar refractivity (Wildman–Crippen MR) is 85.9 cm³/mol. The SMILES string of the molecule is CCN(CCOCCBr)C(=O)c1cc(Br)sc1Br. The molecule has 0 aliphatic rings. The number of thiophene rings is 1. The van der Waals surface area contributed by atoms with Gasteiger partial charge in [-0.15, -0.1) is 11.3 Å². The molecule has 1 aromatic rings. The van der Waals surface area contributed by atoms with Gasteiger partial charge in [0.1, 0.15) is 0 Å². The van der Waals surface area contributed by atoms with Crippen LogP contribution in [0.1, 0.15) is 17.3 Å². The van der Waals surface area contributed by atoms with Crippen LogP contribution in [0.3, 0.4) is 0 Å². The molecular formula is C11H14Br3NO2S. The Morgan fingerprint density at radius 2 is 2.17 bits per heavy atom. The Balaban J connectivity index is 2.59. The molecule has 0 unspecified atom stereocenters. The molecule has 102 valence electrons. The van der Waals surface area contributed by atoms with Crippen molar-refractivity contribution in [3.05, 3.63) is 19.2 Å². The molecule has 0 saturated heterocycles. The van der Waals surface area contributed by atoms with E-state index in [2.05, 4.69) is 47.8 Å². The van der Waals surface area contributed by atoms with Gasteiger partial charge in [0.15, 0.2) is 0 Å². The van der Waals surface area contributed by atoms with E-state index in [-0.39, 0.29) is 5.91 Å². The minimum Gasteiger partial charge on any atom is -0.379 e. The van der Waals surface area contributed by atoms with Gasteiger partial charge in [-0.3, -0.25) is 4.79 Å². The lowest BCUT2D eigenvalue weighted by Gasteiger charge is -2.20. The van der Waals surface area contributed by atoms with E-state index in [9.17, 15) is 4.79 Å². The summed E-state index contributed by atoms with van der Waals surface area (Å²) in [6.07, 6.45) is 0. The second-order valence-corrected chi connectivity index (χ2v) is 7.97. The Labute approximate surface area is 136 Å². The Morgan fingerprint density at radius 3 is 2.67 bits per heavy atom. The molecule has 0 N–H and O–H groups in total. The maximum Gasteiger partial charge on any atom is 0.255 e. The van der Waals surface area contributed by atoms with Crippen LogP contribution >= 0.6 is 59.1 Å². The second kappa shape index (κ2) is 8.68. The molecule has 1 rings (SSSR count). The molecule has 0 aliphatic carbocycles. The van der Waals surface area contributed by atoms with Crippen molar-refractivity contribution in [2.45, 2.75) is 6.92 Å². The zero-order valence-electron chi connectivity index (χ0n) is 9.92. The van der Waals surface area contributed by atoms with Gasteiger partial charge in [0.25, 0.3) is 5.91 Å². The summed E-state index contributed by atoms with van der Waals surface area (Å²) < 4.78 is 7.19. The van der Waals surface area contributed by atoms with Crippen molar-refractivity contribution >= 4 is 65.0 Å². The molecule has 1 amide bonds. The number of likely N-dealkylation sites (N-methyl/N-ethyl adjacent to an activating group) is 1. The first-order valence-corrected chi connectivity index (χ1v) is 9.00. The largest absolute Gasteiger partial charge is 0.379 e. The lowest BCUT2D eigenvalue weighted by atomic mass is 10.3. The Bertz CT molecular complexity index is 398. The molecule has 7 heteroatoms. The number of amides is 1. The van der Waals surface area contributed by atoms with Gasteiger partial charge >= 0.3 is 0 Å². The zero-order chi connectivity index (χ0) is 13.5. The Hall–Kier alpha value is 0.570. The quantitative estimate of drug-likeness (QED) is 0.449. The molecule has 0 spiro atoms. The maximum atomic E-state index is 12.3. The lowest BCUT2D eigenvalue weighted by Crippen LogP contribution is -2.33. The van der Waals surface area contributed by atoms with Gasteiger partial charge in [-0.1, -0.05) is 15.9 Å². The van der Waals surface area contributed by atoms with E-state index in [1.165, 1.54) is 11.3 Å². The molecule has 0 atom stereocenters. The summed E-state index contributed by atoms with van der Waals surface area (Å²) in [6.45, 7) is 4.49. The summed E-state index contributed by atoms with van der Waals surface area (Å²) in [6, 6.07) is 1.85. The van der Waals surface area contributed by atoms with Crippen LogP contribution in [-0.2, 0) is 4.74 Å². The van der Waals surface area contributed by atoms with E-state index >= 15 is 0 Å². The molecule has 0 aliphatic heterocycles. The molecule has 18 heavy (non-hydrogen) atoms. The first-order valence-electron chi connectivity index (χ1n) is 5.48. The van der Waals surface area contributed by atoms with Crippen LogP contribution in [0.15, 0.2) is 13.6 Å². The average Bonchev–Trinajstić information content (AvgIpc) is 2.68. The lowest BCUT2D eigenvalue weighted by molar-refractivity contribution is 0.0672. The van der Waals surface area contributed by atoms with E-state index < -0.39 is 0 Å². The Kier molecular flexibility index (Phi) is 8.02. The third-order valence-corrected chi connectivity index (χ3v) is 4.95. The highest BCUT2D eigenvalue weighted by atomic mass is 79.9. The number of hydrogen-bond acceptors (Lipinski definition) is 3. The summed E-state index contributed by atoms with van der Waals surface area (Å²) in [5.74, 6) is 0.0359. The van der Waals surface area contributed by atoms with Crippen LogP contribution in [-0.4, -0.2) is 42.4 Å². The number of ether oxygens (including phenoxy) is 1. The van der Waals surface area contributed by atoms with Crippen molar-refractivity contribution in [3.63, 3.8) is 0 Å². The maximum absolute atomic E-state index is 12.3. The van der Waals surface area contributed by atoms with Gasteiger partial charge in [-0.05, 0) is 44.8 Å². The number of rotatable bonds is 7. The number of nitrogens with zero attached hydrogens (tertiary/aromatic N) is 1. The molecule has 0 radical (unpaired) electrons. The smallest absolute Gasteiger partial charge is 0.255 e. The fourth-order valence-corrected chi connectivity index (χ4v) is 4.40. The molecule has 0 bridgehead atoms. The topological polar surface area (TPSA) is 29.5 Å². The molecule has 3 nitrogen and oxygen atoms in total. The normalized spacial score (nSPS) is 10.7. The standard InChI is InChI=1S/C11H14Br3NO2S/c1-2-15(4-6-17-5-3-12)11(16)8-7-9(13)18-10(8)14/h7H,2-6H2,1H3. The molecule has 1 heterocycles. The number of halogens is 3. The van der Waals surface area contributed by atoms with Crippen LogP contribution < -0.4 is 0 Å². The second-order valence-electron chi connectivity index (χ2n) is 3.42. The van der Waals surface area contributed by atoms with Crippen LogP contribution in [0.5, 0.6) is 0 Å². The van der Waals surface area contributed by atoms with E-state index in [0.29, 0.717) is 31.9 Å². The van der Waals surface area contributed by atoms with Crippen molar-refractivity contribution in [2.75, 3.05) is 31.6 Å². The van der Waals surface area contributed by atoms with E-state index in [1.54, 1.807) is 4.90 Å². The van der Waals surface area contributed by atoms with Crippen LogP contribution in [0.4, 0.5) is 0 Å². The van der Waals surface area contributed by atoms with Crippen molar-refractivity contribution in [3.8, 4) is 0 Å². The third-order valence-electron chi connectivity index (χ3n) is 2.28. The Morgan fingerprint density at radius 1 is 1.44 bits per heavy atom. The molecule has 1 aromatic heterocycles. The molecule has 0 aromatic carbocycles. The average molecular weight is 464 g/mol.